The summed E-state index contributed by atoms with van der Waals surface area (Å²) in [5, 5.41) is 3.16. The first-order valence-corrected chi connectivity index (χ1v) is 13.3. The molecule has 1 fully saturated rings. The van der Waals surface area contributed by atoms with Crippen molar-refractivity contribution in [3.05, 3.63) is 81.6 Å². The molecule has 201 valence electrons. The van der Waals surface area contributed by atoms with E-state index < -0.39 is 5.91 Å². The second-order valence-corrected chi connectivity index (χ2v) is 10.3. The maximum absolute atomic E-state index is 13.1. The van der Waals surface area contributed by atoms with E-state index in [2.05, 4.69) is 28.6 Å². The van der Waals surface area contributed by atoms with Crippen LogP contribution in [0.2, 0.25) is 0 Å². The number of anilines is 2. The SMILES string of the molecule is COc1cc(N2CCN(C)CC2)c2oc(C(=O)Nc3ccc(C(=O)N4CCC5=C([CH]5)CC4)cc3)cc(=O)c2c1. The fraction of sp³-hybridized carbons (Fsp3) is 0.333. The third kappa shape index (κ3) is 5.14. The van der Waals surface area contributed by atoms with E-state index in [1.807, 2.05) is 11.0 Å². The molecule has 1 aliphatic carbocycles. The van der Waals surface area contributed by atoms with E-state index in [1.54, 1.807) is 37.4 Å². The van der Waals surface area contributed by atoms with Gasteiger partial charge in [-0.2, -0.15) is 0 Å². The van der Waals surface area contributed by atoms with Gasteiger partial charge in [0, 0.05) is 69.1 Å². The number of benzene rings is 2. The molecule has 2 aliphatic heterocycles. The standard InChI is InChI=1S/C30H31N4O5/c1-32-11-13-33(14-12-32)25-17-23(38-2)16-24-26(35)18-27(39-28(24)25)29(36)31-22-5-3-19(4-6-22)30(37)34-9-7-20-15-21(20)8-10-34/h3-6,15-18H,7-14H2,1-2H3,(H,31,36). The quantitative estimate of drug-likeness (QED) is 0.542. The number of methoxy groups -OCH3 is 1. The maximum atomic E-state index is 13.1. The molecule has 0 saturated carbocycles. The molecule has 0 unspecified atom stereocenters. The van der Waals surface area contributed by atoms with Gasteiger partial charge in [0.2, 0.25) is 0 Å². The van der Waals surface area contributed by atoms with Crippen LogP contribution in [0.15, 0.2) is 62.8 Å². The minimum atomic E-state index is -0.537. The van der Waals surface area contributed by atoms with Gasteiger partial charge >= 0.3 is 0 Å². The summed E-state index contributed by atoms with van der Waals surface area (Å²) < 4.78 is 11.5. The monoisotopic (exact) mass is 527 g/mol. The topological polar surface area (TPSA) is 95.3 Å². The number of piperazine rings is 1. The highest BCUT2D eigenvalue weighted by Gasteiger charge is 2.28. The first kappa shape index (κ1) is 25.2. The highest BCUT2D eigenvalue weighted by Crippen LogP contribution is 2.37. The third-order valence-corrected chi connectivity index (χ3v) is 7.74. The molecule has 9 nitrogen and oxygen atoms in total. The molecule has 6 rings (SSSR count). The number of nitrogens with zero attached hydrogens (tertiary/aromatic N) is 3. The first-order valence-electron chi connectivity index (χ1n) is 13.3. The molecule has 1 N–H and O–H groups in total. The average molecular weight is 528 g/mol. The summed E-state index contributed by atoms with van der Waals surface area (Å²) in [6.07, 6.45) is 4.03. The highest BCUT2D eigenvalue weighted by molar-refractivity contribution is 6.04. The van der Waals surface area contributed by atoms with Gasteiger partial charge in [-0.3, -0.25) is 14.4 Å². The zero-order valence-corrected chi connectivity index (χ0v) is 22.2. The largest absolute Gasteiger partial charge is 0.497 e. The Morgan fingerprint density at radius 3 is 2.28 bits per heavy atom. The summed E-state index contributed by atoms with van der Waals surface area (Å²) in [4.78, 5) is 45.4. The fourth-order valence-corrected chi connectivity index (χ4v) is 5.26. The lowest BCUT2D eigenvalue weighted by atomic mass is 10.1. The van der Waals surface area contributed by atoms with Crippen molar-refractivity contribution in [2.45, 2.75) is 12.8 Å². The summed E-state index contributed by atoms with van der Waals surface area (Å²) in [6.45, 7) is 4.70. The predicted molar refractivity (Wildman–Crippen MR) is 150 cm³/mol. The maximum Gasteiger partial charge on any atom is 0.291 e. The van der Waals surface area contributed by atoms with Crippen LogP contribution in [0.1, 0.15) is 33.8 Å². The summed E-state index contributed by atoms with van der Waals surface area (Å²) in [5.41, 5.74) is 4.63. The summed E-state index contributed by atoms with van der Waals surface area (Å²) in [7, 11) is 3.63. The van der Waals surface area contributed by atoms with Crippen LogP contribution in [0.5, 0.6) is 5.75 Å². The lowest BCUT2D eigenvalue weighted by Gasteiger charge is -2.34. The predicted octanol–water partition coefficient (Wildman–Crippen LogP) is 3.56. The summed E-state index contributed by atoms with van der Waals surface area (Å²) in [5.74, 6) is -0.0699. The number of likely N-dealkylation sites (N-methyl/N-ethyl adjacent to an activating group) is 1. The Kier molecular flexibility index (Phi) is 6.60. The normalized spacial score (nSPS) is 17.6. The van der Waals surface area contributed by atoms with Crippen LogP contribution in [0.25, 0.3) is 11.0 Å². The molecule has 39 heavy (non-hydrogen) atoms. The summed E-state index contributed by atoms with van der Waals surface area (Å²) in [6, 6.07) is 11.5. The van der Waals surface area contributed by atoms with Gasteiger partial charge in [0.05, 0.1) is 18.2 Å². The molecule has 3 aromatic rings. The third-order valence-electron chi connectivity index (χ3n) is 7.74. The molecule has 0 bridgehead atoms. The van der Waals surface area contributed by atoms with E-state index in [4.69, 9.17) is 9.15 Å². The van der Waals surface area contributed by atoms with E-state index in [9.17, 15) is 14.4 Å². The zero-order valence-electron chi connectivity index (χ0n) is 22.2. The van der Waals surface area contributed by atoms with Gasteiger partial charge in [0.1, 0.15) is 5.75 Å². The van der Waals surface area contributed by atoms with Crippen LogP contribution >= 0.6 is 0 Å². The fourth-order valence-electron chi connectivity index (χ4n) is 5.26. The lowest BCUT2D eigenvalue weighted by Crippen LogP contribution is -2.44. The number of carbonyl (C=O) groups is 2. The van der Waals surface area contributed by atoms with Crippen LogP contribution in [0, 0.1) is 6.42 Å². The Balaban J connectivity index is 1.21. The van der Waals surface area contributed by atoms with Gasteiger partial charge in [-0.05, 0) is 50.2 Å². The van der Waals surface area contributed by atoms with Crippen molar-refractivity contribution < 1.29 is 18.7 Å². The van der Waals surface area contributed by atoms with Gasteiger partial charge in [-0.25, -0.2) is 0 Å². The number of fused-ring (bicyclic) bond motifs is 1. The highest BCUT2D eigenvalue weighted by atomic mass is 16.5. The zero-order chi connectivity index (χ0) is 27.1. The van der Waals surface area contributed by atoms with E-state index in [1.165, 1.54) is 17.2 Å². The van der Waals surface area contributed by atoms with Crippen molar-refractivity contribution in [3.63, 3.8) is 0 Å². The lowest BCUT2D eigenvalue weighted by molar-refractivity contribution is 0.0762. The van der Waals surface area contributed by atoms with Gasteiger partial charge in [0.15, 0.2) is 16.8 Å². The van der Waals surface area contributed by atoms with E-state index in [0.29, 0.717) is 28.0 Å². The Bertz CT molecular complexity index is 1520. The number of likely N-dealkylation sites (tertiary alicyclic amines) is 1. The van der Waals surface area contributed by atoms with Crippen LogP contribution in [0.3, 0.4) is 0 Å². The smallest absolute Gasteiger partial charge is 0.291 e. The molecule has 2 amide bonds. The van der Waals surface area contributed by atoms with Crippen molar-refractivity contribution in [1.82, 2.24) is 9.80 Å². The number of hydrogen-bond acceptors (Lipinski definition) is 7. The summed E-state index contributed by atoms with van der Waals surface area (Å²) >= 11 is 0. The van der Waals surface area contributed by atoms with Gasteiger partial charge < -0.3 is 29.2 Å². The second kappa shape index (κ2) is 10.2. The van der Waals surface area contributed by atoms with Crippen LogP contribution in [-0.2, 0) is 0 Å². The van der Waals surface area contributed by atoms with E-state index in [-0.39, 0.29) is 17.1 Å². The molecule has 2 aromatic carbocycles. The van der Waals surface area contributed by atoms with Crippen LogP contribution in [-0.4, -0.2) is 75.0 Å². The molecule has 1 radical (unpaired) electrons. The number of rotatable bonds is 5. The number of nitrogens with one attached hydrogen (secondary N) is 1. The number of carbonyl (C=O) groups excluding carboxylic acids is 2. The second-order valence-electron chi connectivity index (χ2n) is 10.3. The molecular formula is C30H31N4O5. The minimum absolute atomic E-state index is 0.0113. The molecule has 1 saturated heterocycles. The Labute approximate surface area is 226 Å². The molecule has 0 atom stereocenters. The van der Waals surface area contributed by atoms with Crippen molar-refractivity contribution in [2.75, 3.05) is 63.6 Å². The first-order chi connectivity index (χ1) is 18.9. The molecule has 9 heteroatoms. The Morgan fingerprint density at radius 2 is 1.62 bits per heavy atom. The molecule has 3 heterocycles. The van der Waals surface area contributed by atoms with Crippen molar-refractivity contribution in [1.29, 1.82) is 0 Å². The van der Waals surface area contributed by atoms with Crippen molar-refractivity contribution in [3.8, 4) is 5.75 Å². The van der Waals surface area contributed by atoms with E-state index >= 15 is 0 Å². The molecule has 1 aromatic heterocycles. The molecule has 0 spiro atoms. The Hall–Kier alpha value is -4.11. The van der Waals surface area contributed by atoms with Crippen molar-refractivity contribution >= 4 is 34.2 Å². The van der Waals surface area contributed by atoms with Gasteiger partial charge in [-0.15, -0.1) is 0 Å². The number of hydrogen-bond donors (Lipinski definition) is 1. The average Bonchev–Trinajstić information content (AvgIpc) is 3.73. The van der Waals surface area contributed by atoms with E-state index in [0.717, 1.165) is 57.8 Å². The number of ether oxygens (including phenoxy) is 1. The van der Waals surface area contributed by atoms with Crippen LogP contribution < -0.4 is 20.4 Å². The molecule has 3 aliphatic rings. The minimum Gasteiger partial charge on any atom is -0.497 e. The van der Waals surface area contributed by atoms with Gasteiger partial charge in [-0.1, -0.05) is 11.1 Å². The Morgan fingerprint density at radius 1 is 0.923 bits per heavy atom. The van der Waals surface area contributed by atoms with Gasteiger partial charge in [0.25, 0.3) is 11.8 Å². The number of amides is 2. The molecular weight excluding hydrogens is 496 g/mol. The van der Waals surface area contributed by atoms with Crippen molar-refractivity contribution in [2.24, 2.45) is 0 Å². The van der Waals surface area contributed by atoms with Crippen LogP contribution in [0.4, 0.5) is 11.4 Å².